The van der Waals surface area contributed by atoms with Crippen LogP contribution in [0, 0.1) is 5.82 Å². The van der Waals surface area contributed by atoms with Gasteiger partial charge in [-0.2, -0.15) is 0 Å². The van der Waals surface area contributed by atoms with Gasteiger partial charge < -0.3 is 14.8 Å². The van der Waals surface area contributed by atoms with E-state index in [9.17, 15) is 9.18 Å². The first kappa shape index (κ1) is 14.8. The Morgan fingerprint density at radius 1 is 1.30 bits per heavy atom. The molecule has 1 saturated heterocycles. The average molecular weight is 281 g/mol. The highest BCUT2D eigenvalue weighted by Gasteiger charge is 2.45. The number of halogens is 1. The molecule has 2 rings (SSSR count). The quantitative estimate of drug-likeness (QED) is 0.865. The summed E-state index contributed by atoms with van der Waals surface area (Å²) in [6.07, 6.45) is 0.930. The van der Waals surface area contributed by atoms with Gasteiger partial charge in [-0.15, -0.1) is 0 Å². The summed E-state index contributed by atoms with van der Waals surface area (Å²) < 4.78 is 23.6. The molecule has 1 aromatic carbocycles. The molecule has 4 nitrogen and oxygen atoms in total. The van der Waals surface area contributed by atoms with Gasteiger partial charge in [0.05, 0.1) is 19.3 Å². The maximum Gasteiger partial charge on any atom is 0.331 e. The zero-order chi connectivity index (χ0) is 14.8. The minimum absolute atomic E-state index is 0.0502. The molecule has 1 N–H and O–H groups in total. The summed E-state index contributed by atoms with van der Waals surface area (Å²) in [5.41, 5.74) is -0.137. The van der Waals surface area contributed by atoms with E-state index in [1.54, 1.807) is 12.1 Å². The van der Waals surface area contributed by atoms with Crippen LogP contribution >= 0.6 is 0 Å². The summed E-state index contributed by atoms with van der Waals surface area (Å²) in [4.78, 5) is 12.2. The third-order valence-corrected chi connectivity index (χ3v) is 3.54. The number of methoxy groups -OCH3 is 1. The zero-order valence-electron chi connectivity index (χ0n) is 12.0. The van der Waals surface area contributed by atoms with Crippen molar-refractivity contribution in [1.82, 2.24) is 0 Å². The van der Waals surface area contributed by atoms with Crippen LogP contribution in [0.25, 0.3) is 0 Å². The van der Waals surface area contributed by atoms with Crippen LogP contribution in [0.15, 0.2) is 24.3 Å². The van der Waals surface area contributed by atoms with Gasteiger partial charge in [0.2, 0.25) is 0 Å². The maximum atomic E-state index is 13.0. The Hall–Kier alpha value is -1.62. The molecule has 0 spiro atoms. The number of nitrogens with one attached hydrogen (secondary N) is 1. The Balaban J connectivity index is 2.27. The van der Waals surface area contributed by atoms with E-state index in [1.165, 1.54) is 19.2 Å². The second kappa shape index (κ2) is 5.79. The topological polar surface area (TPSA) is 47.6 Å². The standard InChI is InChI=1S/C15H20FNO3/c1-10-8-15(14(18)19-3,9-11(2)20-10)17-13-6-4-12(16)5-7-13/h4-7,10-11,17H,8-9H2,1-3H3. The minimum Gasteiger partial charge on any atom is -0.467 e. The van der Waals surface area contributed by atoms with Gasteiger partial charge in [-0.3, -0.25) is 0 Å². The van der Waals surface area contributed by atoms with Gasteiger partial charge in [0.25, 0.3) is 0 Å². The fourth-order valence-electron chi connectivity index (χ4n) is 2.88. The lowest BCUT2D eigenvalue weighted by atomic mass is 9.83. The van der Waals surface area contributed by atoms with E-state index in [0.717, 1.165) is 0 Å². The lowest BCUT2D eigenvalue weighted by Gasteiger charge is -2.41. The SMILES string of the molecule is COC(=O)C1(Nc2ccc(F)cc2)CC(C)OC(C)C1. The van der Waals surface area contributed by atoms with Crippen molar-refractivity contribution in [1.29, 1.82) is 0 Å². The number of carbonyl (C=O) groups is 1. The van der Waals surface area contributed by atoms with Crippen LogP contribution in [0.4, 0.5) is 10.1 Å². The Labute approximate surface area is 118 Å². The van der Waals surface area contributed by atoms with Gasteiger partial charge in [0.1, 0.15) is 11.4 Å². The Morgan fingerprint density at radius 3 is 2.35 bits per heavy atom. The predicted molar refractivity (Wildman–Crippen MR) is 74.0 cm³/mol. The van der Waals surface area contributed by atoms with Crippen molar-refractivity contribution in [3.63, 3.8) is 0 Å². The van der Waals surface area contributed by atoms with Crippen LogP contribution in [0.5, 0.6) is 0 Å². The smallest absolute Gasteiger partial charge is 0.331 e. The van der Waals surface area contributed by atoms with E-state index in [0.29, 0.717) is 18.5 Å². The summed E-state index contributed by atoms with van der Waals surface area (Å²) in [7, 11) is 1.38. The van der Waals surface area contributed by atoms with E-state index in [2.05, 4.69) is 5.32 Å². The molecule has 5 heteroatoms. The summed E-state index contributed by atoms with van der Waals surface area (Å²) >= 11 is 0. The number of hydrogen-bond donors (Lipinski definition) is 1. The van der Waals surface area contributed by atoms with Crippen molar-refractivity contribution in [3.05, 3.63) is 30.1 Å². The molecule has 2 atom stereocenters. The molecule has 0 bridgehead atoms. The van der Waals surface area contributed by atoms with Gasteiger partial charge in [-0.25, -0.2) is 9.18 Å². The van der Waals surface area contributed by atoms with Gasteiger partial charge >= 0.3 is 5.97 Å². The molecule has 0 aromatic heterocycles. The number of rotatable bonds is 3. The number of ether oxygens (including phenoxy) is 2. The minimum atomic E-state index is -0.830. The fraction of sp³-hybridized carbons (Fsp3) is 0.533. The Bertz CT molecular complexity index is 465. The molecule has 1 fully saturated rings. The molecule has 0 aliphatic carbocycles. The summed E-state index contributed by atoms with van der Waals surface area (Å²) in [6, 6.07) is 5.95. The molecule has 1 aromatic rings. The van der Waals surface area contributed by atoms with E-state index < -0.39 is 5.54 Å². The van der Waals surface area contributed by atoms with Crippen molar-refractivity contribution >= 4 is 11.7 Å². The number of esters is 1. The van der Waals surface area contributed by atoms with Crippen LogP contribution in [-0.4, -0.2) is 30.8 Å². The van der Waals surface area contributed by atoms with Crippen molar-refractivity contribution in [2.45, 2.75) is 44.4 Å². The second-order valence-electron chi connectivity index (χ2n) is 5.37. The van der Waals surface area contributed by atoms with Gasteiger partial charge in [0, 0.05) is 18.5 Å². The van der Waals surface area contributed by atoms with Gasteiger partial charge in [-0.1, -0.05) is 0 Å². The van der Waals surface area contributed by atoms with Gasteiger partial charge in [-0.05, 0) is 38.1 Å². The highest BCUT2D eigenvalue weighted by molar-refractivity contribution is 5.84. The Kier molecular flexibility index (Phi) is 4.28. The van der Waals surface area contributed by atoms with Crippen LogP contribution in [0.2, 0.25) is 0 Å². The Morgan fingerprint density at radius 2 is 1.85 bits per heavy atom. The van der Waals surface area contributed by atoms with E-state index in [-0.39, 0.29) is 24.0 Å². The van der Waals surface area contributed by atoms with E-state index >= 15 is 0 Å². The molecule has 0 radical (unpaired) electrons. The van der Waals surface area contributed by atoms with Crippen molar-refractivity contribution in [2.75, 3.05) is 12.4 Å². The molecule has 1 aliphatic rings. The molecule has 20 heavy (non-hydrogen) atoms. The lowest BCUT2D eigenvalue weighted by molar-refractivity contribution is -0.154. The van der Waals surface area contributed by atoms with Gasteiger partial charge in [0.15, 0.2) is 0 Å². The lowest BCUT2D eigenvalue weighted by Crippen LogP contribution is -2.55. The molecule has 1 aliphatic heterocycles. The van der Waals surface area contributed by atoms with Crippen LogP contribution in [0.1, 0.15) is 26.7 Å². The number of hydrogen-bond acceptors (Lipinski definition) is 4. The summed E-state index contributed by atoms with van der Waals surface area (Å²) in [5.74, 6) is -0.625. The first-order valence-electron chi connectivity index (χ1n) is 6.73. The van der Waals surface area contributed by atoms with E-state index in [1.807, 2.05) is 13.8 Å². The molecular formula is C15H20FNO3. The molecule has 2 unspecified atom stereocenters. The van der Waals surface area contributed by atoms with Crippen LogP contribution in [-0.2, 0) is 14.3 Å². The maximum absolute atomic E-state index is 13.0. The number of benzene rings is 1. The van der Waals surface area contributed by atoms with Crippen LogP contribution < -0.4 is 5.32 Å². The average Bonchev–Trinajstić information content (AvgIpc) is 2.39. The monoisotopic (exact) mass is 281 g/mol. The van der Waals surface area contributed by atoms with Crippen molar-refractivity contribution in [3.8, 4) is 0 Å². The third kappa shape index (κ3) is 3.10. The fourth-order valence-corrected chi connectivity index (χ4v) is 2.88. The number of anilines is 1. The summed E-state index contributed by atoms with van der Waals surface area (Å²) in [6.45, 7) is 3.86. The summed E-state index contributed by atoms with van der Waals surface area (Å²) in [5, 5.41) is 3.21. The highest BCUT2D eigenvalue weighted by Crippen LogP contribution is 2.33. The van der Waals surface area contributed by atoms with Crippen molar-refractivity contribution < 1.29 is 18.7 Å². The zero-order valence-corrected chi connectivity index (χ0v) is 12.0. The third-order valence-electron chi connectivity index (χ3n) is 3.54. The first-order valence-corrected chi connectivity index (χ1v) is 6.73. The van der Waals surface area contributed by atoms with Crippen LogP contribution in [0.3, 0.4) is 0 Å². The predicted octanol–water partition coefficient (Wildman–Crippen LogP) is 2.74. The molecular weight excluding hydrogens is 261 g/mol. The van der Waals surface area contributed by atoms with E-state index in [4.69, 9.17) is 9.47 Å². The molecule has 0 amide bonds. The second-order valence-corrected chi connectivity index (χ2v) is 5.37. The number of carbonyl (C=O) groups excluding carboxylic acids is 1. The normalized spacial score (nSPS) is 29.8. The molecule has 110 valence electrons. The molecule has 0 saturated carbocycles. The highest BCUT2D eigenvalue weighted by atomic mass is 19.1. The largest absolute Gasteiger partial charge is 0.467 e. The first-order chi connectivity index (χ1) is 9.45. The van der Waals surface area contributed by atoms with Crippen molar-refractivity contribution in [2.24, 2.45) is 0 Å². The molecule has 1 heterocycles.